The Hall–Kier alpha value is -5.96. The van der Waals surface area contributed by atoms with Crippen LogP contribution in [0.2, 0.25) is 0 Å². The molecule has 12 N–H and O–H groups in total. The molecule has 5 amide bonds. The van der Waals surface area contributed by atoms with Crippen LogP contribution in [0.1, 0.15) is 92.4 Å². The van der Waals surface area contributed by atoms with Crippen LogP contribution >= 0.6 is 46.2 Å². The quantitative estimate of drug-likeness (QED) is 0.0163. The number of aliphatic hydroxyl groups excluding tert-OH is 6. The van der Waals surface area contributed by atoms with Gasteiger partial charge in [-0.1, -0.05) is 48.5 Å². The summed E-state index contributed by atoms with van der Waals surface area (Å²) in [6.07, 6.45) is -12.4. The molecule has 7 rings (SSSR count). The van der Waals surface area contributed by atoms with Gasteiger partial charge in [0.05, 0.1) is 59.5 Å². The van der Waals surface area contributed by atoms with Crippen molar-refractivity contribution in [2.45, 2.75) is 125 Å². The Labute approximate surface area is 517 Å². The molecule has 2 aliphatic heterocycles. The van der Waals surface area contributed by atoms with Crippen molar-refractivity contribution in [3.05, 3.63) is 106 Å². The number of carbonyl (C=O) groups excluding carboxylic acids is 7. The summed E-state index contributed by atoms with van der Waals surface area (Å²) >= 11 is 5.47. The summed E-state index contributed by atoms with van der Waals surface area (Å²) < 4.78 is 25.1. The van der Waals surface area contributed by atoms with Gasteiger partial charge in [0.15, 0.2) is 12.1 Å². The van der Waals surface area contributed by atoms with Gasteiger partial charge in [0.2, 0.25) is 17.6 Å². The molecular formula is C59H73N5O19S4. The van der Waals surface area contributed by atoms with E-state index >= 15 is 0 Å². The van der Waals surface area contributed by atoms with Gasteiger partial charge >= 0.3 is 5.97 Å². The van der Waals surface area contributed by atoms with Crippen LogP contribution in [0.3, 0.4) is 0 Å². The fraction of sp³-hybridized carbons (Fsp3) is 0.492. The Kier molecular flexibility index (Phi) is 25.6. The van der Waals surface area contributed by atoms with E-state index in [2.05, 4.69) is 26.6 Å². The third kappa shape index (κ3) is 18.8. The SMILES string of the molecule is CC(=O)N[C@H]1[C@H]([C@H](O)[C@H](O)CNC(=O)c2cc3ccccc3s2)O[C@](C=O)(OCCCSCCNC(=O)c2ccc(C(=O)CCCSCCCO[C@]3(C(=O)O)C[C@H](O)[C@@H](NC(C)=O)[C@H]([C@H](O)[C@@H](O)CNC(=O)c4cc5ccccc5s4)O3)cc2)C[C@@H]1O. The first-order valence-electron chi connectivity index (χ1n) is 28.2. The first kappa shape index (κ1) is 68.5. The van der Waals surface area contributed by atoms with Gasteiger partial charge in [-0.25, -0.2) is 4.79 Å². The van der Waals surface area contributed by atoms with Gasteiger partial charge in [-0.2, -0.15) is 23.5 Å². The van der Waals surface area contributed by atoms with Crippen molar-refractivity contribution < 1.29 is 93.0 Å². The van der Waals surface area contributed by atoms with Crippen molar-refractivity contribution >= 4 is 114 Å². The number of thioether (sulfide) groups is 2. The number of ether oxygens (including phenoxy) is 4. The van der Waals surface area contributed by atoms with Gasteiger partial charge in [-0.3, -0.25) is 33.6 Å². The van der Waals surface area contributed by atoms with Crippen molar-refractivity contribution in [3.8, 4) is 0 Å². The van der Waals surface area contributed by atoms with Crippen LogP contribution in [0.5, 0.6) is 0 Å². The largest absolute Gasteiger partial charge is 0.477 e. The molecule has 2 aliphatic rings. The van der Waals surface area contributed by atoms with Crippen LogP contribution in [-0.2, 0) is 38.1 Å². The number of aliphatic carboxylic acids is 1. The van der Waals surface area contributed by atoms with Crippen LogP contribution in [0.15, 0.2) is 84.9 Å². The topological polar surface area (TPSA) is 375 Å². The molecule has 12 atom stereocenters. The Morgan fingerprint density at radius 2 is 1.11 bits per heavy atom. The van der Waals surface area contributed by atoms with Crippen molar-refractivity contribution in [3.63, 3.8) is 0 Å². The summed E-state index contributed by atoms with van der Waals surface area (Å²) in [5, 5.41) is 91.6. The average Bonchev–Trinajstić information content (AvgIpc) is 3.81. The zero-order valence-corrected chi connectivity index (χ0v) is 51.0. The molecule has 2 aromatic heterocycles. The summed E-state index contributed by atoms with van der Waals surface area (Å²) in [5.74, 6) is -6.62. The molecule has 0 saturated carbocycles. The monoisotopic (exact) mass is 1280 g/mol. The number of benzene rings is 3. The lowest BCUT2D eigenvalue weighted by Crippen LogP contribution is -2.68. The van der Waals surface area contributed by atoms with Gasteiger partial charge in [0, 0.05) is 79.0 Å². The predicted octanol–water partition coefficient (Wildman–Crippen LogP) is 2.38. The number of thiophene rings is 2. The first-order valence-corrected chi connectivity index (χ1v) is 32.1. The normalized spacial score (nSPS) is 23.4. The van der Waals surface area contributed by atoms with E-state index in [1.807, 2.05) is 48.5 Å². The minimum atomic E-state index is -2.46. The third-order valence-electron chi connectivity index (χ3n) is 14.4. The standard InChI is InChI=1S/C59H73N5O19S4/c1-33(66)63-48-40(69)28-58(32-65,82-52(48)50(73)42(71)30-61-55(76)46-26-37-10-3-5-13-44(37)86-46)80-20-8-24-85-25-19-60-54(75)36-17-15-35(16-18-36)39(68)12-7-22-84-23-9-21-81-59(57(78)79)29-41(70)49(64-34(2)67)53(83-59)51(74)43(72)31-62-56(77)47-27-38-11-4-6-14-45(38)87-47/h3-6,10-11,13-18,26-27,32,40-43,48-53,69-74H,7-9,12,19-25,28-31H2,1-2H3,(H,60,75)(H,61,76)(H,62,77)(H,63,66)(H,64,67)(H,78,79)/t40-,41-,42+,43-,48+,49+,50+,51+,52+,53+,58+,59+/m0/s1. The highest BCUT2D eigenvalue weighted by atomic mass is 32.2. The van der Waals surface area contributed by atoms with E-state index in [4.69, 9.17) is 18.9 Å². The highest BCUT2D eigenvalue weighted by molar-refractivity contribution is 7.99. The van der Waals surface area contributed by atoms with Crippen molar-refractivity contribution in [1.82, 2.24) is 26.6 Å². The van der Waals surface area contributed by atoms with E-state index in [-0.39, 0.29) is 37.7 Å². The van der Waals surface area contributed by atoms with Gasteiger partial charge in [0.25, 0.3) is 23.5 Å². The van der Waals surface area contributed by atoms with Gasteiger partial charge in [-0.05, 0) is 83.7 Å². The van der Waals surface area contributed by atoms with E-state index in [0.29, 0.717) is 76.0 Å². The molecule has 4 heterocycles. The Balaban J connectivity index is 0.764. The first-order chi connectivity index (χ1) is 41.6. The van der Waals surface area contributed by atoms with Gasteiger partial charge < -0.3 is 81.3 Å². The van der Waals surface area contributed by atoms with E-state index in [9.17, 15) is 74.1 Å². The van der Waals surface area contributed by atoms with Crippen LogP contribution in [0, 0.1) is 0 Å². The van der Waals surface area contributed by atoms with Crippen LogP contribution in [-0.4, -0.2) is 212 Å². The van der Waals surface area contributed by atoms with Crippen molar-refractivity contribution in [1.29, 1.82) is 0 Å². The lowest BCUT2D eigenvalue weighted by molar-refractivity contribution is -0.310. The number of Topliss-reactive ketones (excluding diaryl/α,β-unsaturated/α-hetero) is 1. The number of hydrogen-bond donors (Lipinski definition) is 12. The summed E-state index contributed by atoms with van der Waals surface area (Å²) in [7, 11) is 0. The molecule has 0 bridgehead atoms. The minimum Gasteiger partial charge on any atom is -0.477 e. The summed E-state index contributed by atoms with van der Waals surface area (Å²) in [6.45, 7) is 1.61. The van der Waals surface area contributed by atoms with Crippen LogP contribution in [0.4, 0.5) is 0 Å². The number of rotatable bonds is 33. The van der Waals surface area contributed by atoms with Crippen LogP contribution in [0.25, 0.3) is 20.2 Å². The Morgan fingerprint density at radius 1 is 0.632 bits per heavy atom. The molecule has 87 heavy (non-hydrogen) atoms. The number of fused-ring (bicyclic) bond motifs is 2. The molecule has 0 radical (unpaired) electrons. The molecule has 0 spiro atoms. The summed E-state index contributed by atoms with van der Waals surface area (Å²) in [5.41, 5.74) is 0.778. The lowest BCUT2D eigenvalue weighted by atomic mass is 9.88. The van der Waals surface area contributed by atoms with E-state index in [0.717, 1.165) is 27.1 Å². The summed E-state index contributed by atoms with van der Waals surface area (Å²) in [6, 6.07) is 21.8. The number of ketones is 1. The molecule has 24 nitrogen and oxygen atoms in total. The maximum Gasteiger partial charge on any atom is 0.364 e. The molecule has 0 aliphatic carbocycles. The van der Waals surface area contributed by atoms with Crippen LogP contribution < -0.4 is 26.6 Å². The zero-order valence-electron chi connectivity index (χ0n) is 47.7. The maximum absolute atomic E-state index is 13.0. The molecule has 5 aromatic rings. The Bertz CT molecular complexity index is 3100. The number of nitrogens with one attached hydrogen (secondary N) is 5. The number of hydrogen-bond acceptors (Lipinski definition) is 22. The molecule has 2 saturated heterocycles. The number of carboxylic acid groups (broad SMARTS) is 1. The van der Waals surface area contributed by atoms with Gasteiger partial charge in [-0.15, -0.1) is 22.7 Å². The second kappa shape index (κ2) is 32.5. The fourth-order valence-electron chi connectivity index (χ4n) is 9.91. The van der Waals surface area contributed by atoms with Crippen molar-refractivity contribution in [2.24, 2.45) is 0 Å². The molecule has 2 fully saturated rings. The number of carboxylic acids is 1. The second-order valence-corrected chi connectivity index (χ2v) is 25.6. The highest BCUT2D eigenvalue weighted by Crippen LogP contribution is 2.35. The number of carbonyl (C=O) groups is 8. The molecule has 3 aromatic carbocycles. The maximum atomic E-state index is 13.0. The number of amides is 5. The van der Waals surface area contributed by atoms with E-state index < -0.39 is 122 Å². The van der Waals surface area contributed by atoms with E-state index in [1.54, 1.807) is 36.4 Å². The second-order valence-electron chi connectivity index (χ2n) is 21.0. The minimum absolute atomic E-state index is 0.0125. The number of aliphatic hydroxyl groups is 6. The van der Waals surface area contributed by atoms with Crippen molar-refractivity contribution in [2.75, 3.05) is 55.9 Å². The highest BCUT2D eigenvalue weighted by Gasteiger charge is 2.56. The smallest absolute Gasteiger partial charge is 0.364 e. The average molecular weight is 1280 g/mol. The van der Waals surface area contributed by atoms with Gasteiger partial charge in [0.1, 0.15) is 24.4 Å². The van der Waals surface area contributed by atoms with E-state index in [1.165, 1.54) is 53.1 Å². The Morgan fingerprint density at radius 3 is 1.63 bits per heavy atom. The predicted molar refractivity (Wildman–Crippen MR) is 326 cm³/mol. The molecule has 472 valence electrons. The fourth-order valence-corrected chi connectivity index (χ4v) is 13.5. The molecule has 28 heteroatoms. The zero-order chi connectivity index (χ0) is 62.8. The summed E-state index contributed by atoms with van der Waals surface area (Å²) in [4.78, 5) is 102. The molecular weight excluding hydrogens is 1210 g/mol. The third-order valence-corrected chi connectivity index (χ3v) is 18.8. The molecule has 0 unspecified atom stereocenters. The lowest BCUT2D eigenvalue weighted by Gasteiger charge is -2.46. The number of aldehydes is 1.